The van der Waals surface area contributed by atoms with E-state index in [-0.39, 0.29) is 12.1 Å². The second-order valence-electron chi connectivity index (χ2n) is 6.38. The summed E-state index contributed by atoms with van der Waals surface area (Å²) in [7, 11) is 0. The predicted octanol–water partition coefficient (Wildman–Crippen LogP) is 4.34. The molecule has 0 amide bonds. The van der Waals surface area contributed by atoms with Crippen molar-refractivity contribution >= 4 is 5.69 Å². The van der Waals surface area contributed by atoms with Gasteiger partial charge in [-0.15, -0.1) is 0 Å². The molecule has 3 heteroatoms. The zero-order valence-electron chi connectivity index (χ0n) is 12.8. The maximum Gasteiger partial charge on any atom is 0.139 e. The predicted molar refractivity (Wildman–Crippen MR) is 87.1 cm³/mol. The van der Waals surface area contributed by atoms with Crippen LogP contribution in [-0.4, -0.2) is 11.7 Å². The van der Waals surface area contributed by atoms with E-state index in [4.69, 9.17) is 4.74 Å². The third-order valence-corrected chi connectivity index (χ3v) is 4.85. The number of nitrogens with one attached hydrogen (secondary N) is 1. The normalized spacial score (nSPS) is 26.7. The molecule has 2 aromatic rings. The SMILES string of the molecule is Cc1cc(O)c2c(c1)[C@@H]1OCCC[C@@H]1[C@@H](c1ccccc1)N2. The quantitative estimate of drug-likeness (QED) is 0.769. The van der Waals surface area contributed by atoms with Crippen LogP contribution in [0.2, 0.25) is 0 Å². The van der Waals surface area contributed by atoms with Crippen molar-refractivity contribution in [3.63, 3.8) is 0 Å². The number of ether oxygens (including phenoxy) is 1. The van der Waals surface area contributed by atoms with Gasteiger partial charge in [0.05, 0.1) is 17.8 Å². The van der Waals surface area contributed by atoms with Gasteiger partial charge in [-0.05, 0) is 37.0 Å². The van der Waals surface area contributed by atoms with Gasteiger partial charge in [-0.3, -0.25) is 0 Å². The van der Waals surface area contributed by atoms with Gasteiger partial charge in [-0.25, -0.2) is 0 Å². The minimum absolute atomic E-state index is 0.0704. The van der Waals surface area contributed by atoms with Crippen molar-refractivity contribution in [3.8, 4) is 5.75 Å². The van der Waals surface area contributed by atoms with Crippen LogP contribution in [0.4, 0.5) is 5.69 Å². The Kier molecular flexibility index (Phi) is 3.30. The second kappa shape index (κ2) is 5.33. The van der Waals surface area contributed by atoms with Crippen LogP contribution in [0.3, 0.4) is 0 Å². The highest BCUT2D eigenvalue weighted by molar-refractivity contribution is 5.66. The van der Waals surface area contributed by atoms with Crippen molar-refractivity contribution < 1.29 is 9.84 Å². The van der Waals surface area contributed by atoms with E-state index in [2.05, 4.69) is 35.6 Å². The van der Waals surface area contributed by atoms with Gasteiger partial charge in [0.15, 0.2) is 0 Å². The van der Waals surface area contributed by atoms with Crippen LogP contribution in [0.5, 0.6) is 5.75 Å². The van der Waals surface area contributed by atoms with Gasteiger partial charge in [0, 0.05) is 18.1 Å². The highest BCUT2D eigenvalue weighted by Gasteiger charge is 2.40. The fraction of sp³-hybridized carbons (Fsp3) is 0.368. The average Bonchev–Trinajstić information content (AvgIpc) is 2.55. The number of aromatic hydroxyl groups is 1. The molecule has 22 heavy (non-hydrogen) atoms. The average molecular weight is 295 g/mol. The summed E-state index contributed by atoms with van der Waals surface area (Å²) >= 11 is 0. The van der Waals surface area contributed by atoms with Crippen LogP contribution in [0.15, 0.2) is 42.5 Å². The summed E-state index contributed by atoms with van der Waals surface area (Å²) in [6.07, 6.45) is 2.31. The number of anilines is 1. The molecule has 2 aliphatic rings. The van der Waals surface area contributed by atoms with Gasteiger partial charge in [0.25, 0.3) is 0 Å². The van der Waals surface area contributed by atoms with E-state index < -0.39 is 0 Å². The van der Waals surface area contributed by atoms with Crippen molar-refractivity contribution in [1.29, 1.82) is 0 Å². The molecule has 3 nitrogen and oxygen atoms in total. The summed E-state index contributed by atoms with van der Waals surface area (Å²) in [6, 6.07) is 14.6. The second-order valence-corrected chi connectivity index (χ2v) is 6.38. The van der Waals surface area contributed by atoms with Crippen LogP contribution in [0.25, 0.3) is 0 Å². The van der Waals surface area contributed by atoms with Crippen LogP contribution >= 0.6 is 0 Å². The zero-order valence-corrected chi connectivity index (χ0v) is 12.8. The van der Waals surface area contributed by atoms with E-state index in [9.17, 15) is 5.11 Å². The summed E-state index contributed by atoms with van der Waals surface area (Å²) in [4.78, 5) is 0. The van der Waals surface area contributed by atoms with E-state index in [0.29, 0.717) is 11.7 Å². The first-order chi connectivity index (χ1) is 10.7. The van der Waals surface area contributed by atoms with Gasteiger partial charge in [0.2, 0.25) is 0 Å². The van der Waals surface area contributed by atoms with Crippen molar-refractivity contribution in [2.24, 2.45) is 5.92 Å². The lowest BCUT2D eigenvalue weighted by atomic mass is 9.77. The molecule has 1 fully saturated rings. The van der Waals surface area contributed by atoms with E-state index >= 15 is 0 Å². The highest BCUT2D eigenvalue weighted by Crippen LogP contribution is 2.51. The van der Waals surface area contributed by atoms with Gasteiger partial charge >= 0.3 is 0 Å². The van der Waals surface area contributed by atoms with Crippen molar-refractivity contribution in [2.45, 2.75) is 31.9 Å². The molecular formula is C19H21NO2. The largest absolute Gasteiger partial charge is 0.506 e. The van der Waals surface area contributed by atoms with Crippen LogP contribution < -0.4 is 5.32 Å². The molecule has 0 radical (unpaired) electrons. The molecule has 2 N–H and O–H groups in total. The summed E-state index contributed by atoms with van der Waals surface area (Å²) < 4.78 is 6.12. The van der Waals surface area contributed by atoms with Crippen molar-refractivity contribution in [1.82, 2.24) is 0 Å². The Morgan fingerprint density at radius 2 is 2.00 bits per heavy atom. The molecule has 0 aromatic heterocycles. The molecule has 4 rings (SSSR count). The minimum Gasteiger partial charge on any atom is -0.506 e. The molecule has 0 saturated carbocycles. The summed E-state index contributed by atoms with van der Waals surface area (Å²) in [5.41, 5.74) is 4.27. The summed E-state index contributed by atoms with van der Waals surface area (Å²) in [5, 5.41) is 14.0. The Balaban J connectivity index is 1.83. The molecular weight excluding hydrogens is 274 g/mol. The molecule has 0 spiro atoms. The van der Waals surface area contributed by atoms with Crippen molar-refractivity contribution in [2.75, 3.05) is 11.9 Å². The molecule has 0 unspecified atom stereocenters. The third kappa shape index (κ3) is 2.17. The van der Waals surface area contributed by atoms with Gasteiger partial charge < -0.3 is 15.2 Å². The smallest absolute Gasteiger partial charge is 0.139 e. The maximum absolute atomic E-state index is 10.4. The fourth-order valence-electron chi connectivity index (χ4n) is 3.90. The molecule has 3 atom stereocenters. The van der Waals surface area contributed by atoms with Gasteiger partial charge in [0.1, 0.15) is 5.75 Å². The fourth-order valence-corrected chi connectivity index (χ4v) is 3.90. The van der Waals surface area contributed by atoms with Crippen LogP contribution in [0, 0.1) is 12.8 Å². The number of fused-ring (bicyclic) bond motifs is 3. The maximum atomic E-state index is 10.4. The number of phenolic OH excluding ortho intramolecular Hbond substituents is 1. The lowest BCUT2D eigenvalue weighted by molar-refractivity contribution is -0.0383. The first kappa shape index (κ1) is 13.6. The number of aryl methyl sites for hydroxylation is 1. The zero-order chi connectivity index (χ0) is 15.1. The lowest BCUT2D eigenvalue weighted by Crippen LogP contribution is -2.36. The number of rotatable bonds is 1. The monoisotopic (exact) mass is 295 g/mol. The Morgan fingerprint density at radius 3 is 2.82 bits per heavy atom. The minimum atomic E-state index is 0.0704. The summed E-state index contributed by atoms with van der Waals surface area (Å²) in [5.74, 6) is 0.730. The Morgan fingerprint density at radius 1 is 1.18 bits per heavy atom. The Bertz CT molecular complexity index is 683. The van der Waals surface area contributed by atoms with Crippen molar-refractivity contribution in [3.05, 3.63) is 59.2 Å². The first-order valence-electron chi connectivity index (χ1n) is 8.00. The Hall–Kier alpha value is -2.00. The van der Waals surface area contributed by atoms with E-state index in [1.54, 1.807) is 0 Å². The number of hydrogen-bond acceptors (Lipinski definition) is 3. The number of phenols is 1. The van der Waals surface area contributed by atoms with Crippen LogP contribution in [-0.2, 0) is 4.74 Å². The summed E-state index contributed by atoms with van der Waals surface area (Å²) in [6.45, 7) is 2.82. The molecule has 2 aromatic carbocycles. The van der Waals surface area contributed by atoms with E-state index in [1.165, 1.54) is 5.56 Å². The third-order valence-electron chi connectivity index (χ3n) is 4.85. The van der Waals surface area contributed by atoms with Gasteiger partial charge in [-0.2, -0.15) is 0 Å². The van der Waals surface area contributed by atoms with E-state index in [1.807, 2.05) is 19.1 Å². The Labute approximate surface area is 130 Å². The molecule has 2 aliphatic heterocycles. The van der Waals surface area contributed by atoms with E-state index in [0.717, 1.165) is 36.3 Å². The molecule has 0 bridgehead atoms. The standard InChI is InChI=1S/C19H21NO2/c1-12-10-15-18(16(21)11-12)20-17(13-6-3-2-4-7-13)14-8-5-9-22-19(14)15/h2-4,6-7,10-11,14,17,19-21H,5,8-9H2,1H3/t14-,17-,19-/m1/s1. The molecule has 114 valence electrons. The van der Waals surface area contributed by atoms with Crippen LogP contribution in [0.1, 0.15) is 41.7 Å². The molecule has 0 aliphatic carbocycles. The number of benzene rings is 2. The lowest BCUT2D eigenvalue weighted by Gasteiger charge is -2.43. The molecule has 1 saturated heterocycles. The highest BCUT2D eigenvalue weighted by atomic mass is 16.5. The first-order valence-corrected chi connectivity index (χ1v) is 8.00. The number of hydrogen-bond donors (Lipinski definition) is 2. The molecule has 2 heterocycles. The van der Waals surface area contributed by atoms with Gasteiger partial charge in [-0.1, -0.05) is 36.4 Å². The topological polar surface area (TPSA) is 41.5 Å².